The van der Waals surface area contributed by atoms with E-state index in [9.17, 15) is 9.00 Å². The van der Waals surface area contributed by atoms with E-state index >= 15 is 0 Å². The van der Waals surface area contributed by atoms with E-state index in [4.69, 9.17) is 4.74 Å². The van der Waals surface area contributed by atoms with Crippen LogP contribution in [0.5, 0.6) is 0 Å². The van der Waals surface area contributed by atoms with Crippen molar-refractivity contribution in [3.8, 4) is 0 Å². The van der Waals surface area contributed by atoms with E-state index < -0.39 is 10.8 Å². The maximum absolute atomic E-state index is 11.7. The minimum absolute atomic E-state index is 0.116. The van der Waals surface area contributed by atoms with Crippen LogP contribution in [0.1, 0.15) is 25.7 Å². The fourth-order valence-electron chi connectivity index (χ4n) is 2.56. The summed E-state index contributed by atoms with van der Waals surface area (Å²) < 4.78 is 16.5. The molecule has 2 fully saturated rings. The molecular formula is C10H16O3S. The molecule has 2 heterocycles. The molecule has 80 valence electrons. The molecule has 0 amide bonds. The summed E-state index contributed by atoms with van der Waals surface area (Å²) in [7, 11) is 0.896. The third kappa shape index (κ3) is 1.77. The SMILES string of the molecule is COCC(=O)C1CC2CCC(C1)S2=O. The number of hydrogen-bond acceptors (Lipinski definition) is 3. The van der Waals surface area contributed by atoms with Crippen molar-refractivity contribution in [2.24, 2.45) is 5.92 Å². The zero-order valence-electron chi connectivity index (χ0n) is 8.40. The van der Waals surface area contributed by atoms with Gasteiger partial charge in [-0.3, -0.25) is 9.00 Å². The standard InChI is InChI=1S/C10H16O3S/c1-13-6-10(11)7-4-8-2-3-9(5-7)14(8)12/h7-9H,2-6H2,1H3. The van der Waals surface area contributed by atoms with Gasteiger partial charge < -0.3 is 4.74 Å². The molecule has 2 saturated heterocycles. The van der Waals surface area contributed by atoms with Crippen molar-refractivity contribution in [3.63, 3.8) is 0 Å². The van der Waals surface area contributed by atoms with Crippen LogP contribution in [-0.4, -0.2) is 34.2 Å². The van der Waals surface area contributed by atoms with Gasteiger partial charge in [0, 0.05) is 34.3 Å². The number of rotatable bonds is 3. The van der Waals surface area contributed by atoms with Crippen molar-refractivity contribution in [2.75, 3.05) is 13.7 Å². The van der Waals surface area contributed by atoms with Crippen LogP contribution in [0.25, 0.3) is 0 Å². The zero-order valence-corrected chi connectivity index (χ0v) is 9.22. The van der Waals surface area contributed by atoms with Gasteiger partial charge in [-0.15, -0.1) is 0 Å². The summed E-state index contributed by atoms with van der Waals surface area (Å²) in [6.45, 7) is 0.219. The number of methoxy groups -OCH3 is 1. The van der Waals surface area contributed by atoms with E-state index in [1.165, 1.54) is 0 Å². The van der Waals surface area contributed by atoms with Crippen LogP contribution in [0.2, 0.25) is 0 Å². The largest absolute Gasteiger partial charge is 0.377 e. The molecule has 2 bridgehead atoms. The fraction of sp³-hybridized carbons (Fsp3) is 0.900. The lowest BCUT2D eigenvalue weighted by molar-refractivity contribution is -0.127. The molecule has 0 aromatic rings. The second-order valence-electron chi connectivity index (χ2n) is 4.22. The van der Waals surface area contributed by atoms with Crippen LogP contribution in [0.15, 0.2) is 0 Å². The van der Waals surface area contributed by atoms with E-state index in [1.54, 1.807) is 7.11 Å². The number of fused-ring (bicyclic) bond motifs is 2. The van der Waals surface area contributed by atoms with E-state index in [0.29, 0.717) is 10.5 Å². The molecule has 0 N–H and O–H groups in total. The summed E-state index contributed by atoms with van der Waals surface area (Å²) in [6, 6.07) is 0. The first-order valence-electron chi connectivity index (χ1n) is 5.13. The number of carbonyl (C=O) groups excluding carboxylic acids is 1. The molecule has 0 radical (unpaired) electrons. The minimum atomic E-state index is -0.653. The highest BCUT2D eigenvalue weighted by Crippen LogP contribution is 2.38. The van der Waals surface area contributed by atoms with E-state index in [0.717, 1.165) is 25.7 Å². The van der Waals surface area contributed by atoms with Crippen molar-refractivity contribution >= 4 is 16.6 Å². The Bertz CT molecular complexity index is 248. The van der Waals surface area contributed by atoms with Gasteiger partial charge in [0.15, 0.2) is 5.78 Å². The van der Waals surface area contributed by atoms with Crippen molar-refractivity contribution in [3.05, 3.63) is 0 Å². The van der Waals surface area contributed by atoms with E-state index in [-0.39, 0.29) is 18.3 Å². The Morgan fingerprint density at radius 1 is 1.36 bits per heavy atom. The summed E-state index contributed by atoms with van der Waals surface area (Å²) in [6.07, 6.45) is 3.75. The Morgan fingerprint density at radius 3 is 2.43 bits per heavy atom. The molecule has 0 spiro atoms. The fourth-order valence-corrected chi connectivity index (χ4v) is 4.68. The highest BCUT2D eigenvalue weighted by molar-refractivity contribution is 7.86. The lowest BCUT2D eigenvalue weighted by Gasteiger charge is -2.25. The Balaban J connectivity index is 1.99. The van der Waals surface area contributed by atoms with Gasteiger partial charge in [-0.05, 0) is 25.7 Å². The van der Waals surface area contributed by atoms with Crippen molar-refractivity contribution in [2.45, 2.75) is 36.2 Å². The maximum atomic E-state index is 11.7. The smallest absolute Gasteiger partial charge is 0.161 e. The number of ketones is 1. The molecule has 4 heteroatoms. The number of ether oxygens (including phenoxy) is 1. The topological polar surface area (TPSA) is 43.4 Å². The Kier molecular flexibility index (Phi) is 3.02. The molecule has 0 aromatic heterocycles. The van der Waals surface area contributed by atoms with Gasteiger partial charge in [-0.25, -0.2) is 0 Å². The maximum Gasteiger partial charge on any atom is 0.161 e. The summed E-state index contributed by atoms with van der Waals surface area (Å²) in [5.41, 5.74) is 0. The van der Waals surface area contributed by atoms with Gasteiger partial charge in [-0.1, -0.05) is 0 Å². The van der Waals surface area contributed by atoms with Gasteiger partial charge in [-0.2, -0.15) is 0 Å². The van der Waals surface area contributed by atoms with Gasteiger partial charge in [0.1, 0.15) is 6.61 Å². The highest BCUT2D eigenvalue weighted by Gasteiger charge is 2.42. The predicted molar refractivity (Wildman–Crippen MR) is 54.6 cm³/mol. The molecular weight excluding hydrogens is 200 g/mol. The number of hydrogen-bond donors (Lipinski definition) is 0. The van der Waals surface area contributed by atoms with Crippen LogP contribution in [0.3, 0.4) is 0 Å². The monoisotopic (exact) mass is 216 g/mol. The molecule has 2 unspecified atom stereocenters. The molecule has 0 saturated carbocycles. The van der Waals surface area contributed by atoms with Crippen LogP contribution >= 0.6 is 0 Å². The molecule has 3 nitrogen and oxygen atoms in total. The lowest BCUT2D eigenvalue weighted by Crippen LogP contribution is -2.33. The number of Topliss-reactive ketones (excluding diaryl/α,β-unsaturated/α-hetero) is 1. The molecule has 0 aliphatic carbocycles. The Labute approximate surface area is 86.7 Å². The third-order valence-electron chi connectivity index (χ3n) is 3.30. The Morgan fingerprint density at radius 2 is 1.93 bits per heavy atom. The van der Waals surface area contributed by atoms with Gasteiger partial charge in [0.25, 0.3) is 0 Å². The average Bonchev–Trinajstić information content (AvgIpc) is 2.42. The van der Waals surface area contributed by atoms with Gasteiger partial charge >= 0.3 is 0 Å². The summed E-state index contributed by atoms with van der Waals surface area (Å²) in [4.78, 5) is 11.6. The van der Waals surface area contributed by atoms with Crippen molar-refractivity contribution in [1.29, 1.82) is 0 Å². The summed E-state index contributed by atoms with van der Waals surface area (Å²) in [5.74, 6) is 0.311. The third-order valence-corrected chi connectivity index (χ3v) is 5.47. The van der Waals surface area contributed by atoms with Crippen LogP contribution in [0.4, 0.5) is 0 Å². The van der Waals surface area contributed by atoms with Gasteiger partial charge in [0.2, 0.25) is 0 Å². The van der Waals surface area contributed by atoms with Crippen molar-refractivity contribution in [1.82, 2.24) is 0 Å². The first-order chi connectivity index (χ1) is 6.72. The second kappa shape index (κ2) is 4.11. The second-order valence-corrected chi connectivity index (χ2v) is 6.21. The molecule has 2 rings (SSSR count). The lowest BCUT2D eigenvalue weighted by atomic mass is 9.95. The summed E-state index contributed by atoms with van der Waals surface area (Å²) >= 11 is 0. The average molecular weight is 216 g/mol. The molecule has 14 heavy (non-hydrogen) atoms. The Hall–Kier alpha value is -0.220. The zero-order chi connectivity index (χ0) is 10.1. The summed E-state index contributed by atoms with van der Waals surface area (Å²) in [5, 5.41) is 0.583. The predicted octanol–water partition coefficient (Wildman–Crippen LogP) is 0.892. The van der Waals surface area contributed by atoms with Gasteiger partial charge in [0.05, 0.1) is 0 Å². The van der Waals surface area contributed by atoms with Crippen LogP contribution < -0.4 is 0 Å². The van der Waals surface area contributed by atoms with Crippen molar-refractivity contribution < 1.29 is 13.7 Å². The van der Waals surface area contributed by atoms with Crippen LogP contribution in [0, 0.1) is 5.92 Å². The molecule has 0 aromatic carbocycles. The normalized spacial score (nSPS) is 41.2. The molecule has 2 aliphatic heterocycles. The first kappa shape index (κ1) is 10.3. The number of carbonyl (C=O) groups is 1. The molecule has 2 atom stereocenters. The first-order valence-corrected chi connectivity index (χ1v) is 6.41. The molecule has 2 aliphatic rings. The minimum Gasteiger partial charge on any atom is -0.377 e. The van der Waals surface area contributed by atoms with E-state index in [1.807, 2.05) is 0 Å². The highest BCUT2D eigenvalue weighted by atomic mass is 32.2. The van der Waals surface area contributed by atoms with E-state index in [2.05, 4.69) is 0 Å². The quantitative estimate of drug-likeness (QED) is 0.703. The van der Waals surface area contributed by atoms with Crippen LogP contribution in [-0.2, 0) is 20.3 Å².